The summed E-state index contributed by atoms with van der Waals surface area (Å²) in [5.41, 5.74) is 0. The Balaban J connectivity index is 1.99. The minimum absolute atomic E-state index is 0.0529. The molecule has 0 aliphatic carbocycles. The average molecular weight is 378 g/mol. The van der Waals surface area contributed by atoms with E-state index in [0.717, 1.165) is 17.4 Å². The van der Waals surface area contributed by atoms with Gasteiger partial charge in [-0.3, -0.25) is 0 Å². The Hall–Kier alpha value is -1.04. The Labute approximate surface area is 143 Å². The lowest BCUT2D eigenvalue weighted by Crippen LogP contribution is -3.14. The van der Waals surface area contributed by atoms with Gasteiger partial charge in [0.2, 0.25) is 20.0 Å². The summed E-state index contributed by atoms with van der Waals surface area (Å²) in [4.78, 5) is 1.41. The van der Waals surface area contributed by atoms with Crippen LogP contribution in [-0.2, 0) is 24.8 Å². The van der Waals surface area contributed by atoms with Crippen molar-refractivity contribution in [2.75, 3.05) is 53.5 Å². The normalized spacial score (nSPS) is 17.3. The first-order chi connectivity index (χ1) is 11.2. The topological polar surface area (TPSA) is 97.2 Å². The molecule has 1 aliphatic rings. The van der Waals surface area contributed by atoms with Crippen molar-refractivity contribution in [2.45, 2.75) is 9.79 Å². The maximum absolute atomic E-state index is 12.3. The Bertz CT molecular complexity index is 739. The monoisotopic (exact) mass is 378 g/mol. The van der Waals surface area contributed by atoms with Crippen LogP contribution in [-0.4, -0.2) is 74.6 Å². The largest absolute Gasteiger partial charge is 0.370 e. The molecule has 24 heavy (non-hydrogen) atoms. The number of nitrogens with zero attached hydrogens (tertiary/aromatic N) is 1. The number of benzene rings is 1. The first kappa shape index (κ1) is 19.3. The fourth-order valence-corrected chi connectivity index (χ4v) is 4.29. The van der Waals surface area contributed by atoms with Gasteiger partial charge in [0.1, 0.15) is 13.1 Å². The third-order valence-corrected chi connectivity index (χ3v) is 7.19. The lowest BCUT2D eigenvalue weighted by atomic mass is 10.4. The molecule has 1 saturated heterocycles. The van der Waals surface area contributed by atoms with Gasteiger partial charge in [-0.25, -0.2) is 25.9 Å². The summed E-state index contributed by atoms with van der Waals surface area (Å²) in [6.07, 6.45) is 0. The second kappa shape index (κ2) is 7.89. The molecule has 0 aromatic heterocycles. The molecule has 0 spiro atoms. The summed E-state index contributed by atoms with van der Waals surface area (Å²) >= 11 is 0. The standard InChI is InChI=1S/C14H23N3O5S2/c1-16(2)24(20,21)14-5-3-13(4-6-14)23(18,19)15-7-8-17-9-11-22-12-10-17/h3-6,15H,7-12H2,1-2H3/p+1. The van der Waals surface area contributed by atoms with E-state index in [2.05, 4.69) is 4.72 Å². The highest BCUT2D eigenvalue weighted by Gasteiger charge is 2.20. The molecule has 0 bridgehead atoms. The number of nitrogens with one attached hydrogen (secondary N) is 2. The number of hydrogen-bond donors (Lipinski definition) is 2. The highest BCUT2D eigenvalue weighted by atomic mass is 32.2. The lowest BCUT2D eigenvalue weighted by Gasteiger charge is -2.23. The van der Waals surface area contributed by atoms with Crippen molar-refractivity contribution in [3.8, 4) is 0 Å². The molecule has 0 atom stereocenters. The van der Waals surface area contributed by atoms with Gasteiger partial charge >= 0.3 is 0 Å². The molecule has 1 aromatic carbocycles. The van der Waals surface area contributed by atoms with Gasteiger partial charge in [0, 0.05) is 14.1 Å². The number of ether oxygens (including phenoxy) is 1. The molecule has 0 saturated carbocycles. The fourth-order valence-electron chi connectivity index (χ4n) is 2.36. The van der Waals surface area contributed by atoms with Crippen LogP contribution in [0.4, 0.5) is 0 Å². The van der Waals surface area contributed by atoms with Crippen LogP contribution in [0.1, 0.15) is 0 Å². The van der Waals surface area contributed by atoms with E-state index in [9.17, 15) is 16.8 Å². The van der Waals surface area contributed by atoms with Crippen molar-refractivity contribution in [1.29, 1.82) is 0 Å². The molecule has 136 valence electrons. The van der Waals surface area contributed by atoms with Crippen molar-refractivity contribution in [2.24, 2.45) is 0 Å². The summed E-state index contributed by atoms with van der Waals surface area (Å²) in [6, 6.07) is 5.22. The van der Waals surface area contributed by atoms with Gasteiger partial charge in [0.15, 0.2) is 0 Å². The van der Waals surface area contributed by atoms with Crippen LogP contribution in [0, 0.1) is 0 Å². The highest BCUT2D eigenvalue weighted by Crippen LogP contribution is 2.16. The van der Waals surface area contributed by atoms with Crippen molar-refractivity contribution >= 4 is 20.0 Å². The van der Waals surface area contributed by atoms with Crippen molar-refractivity contribution in [3.63, 3.8) is 0 Å². The fraction of sp³-hybridized carbons (Fsp3) is 0.571. The number of sulfonamides is 2. The van der Waals surface area contributed by atoms with Crippen LogP contribution in [0.5, 0.6) is 0 Å². The second-order valence-electron chi connectivity index (χ2n) is 5.77. The molecule has 0 amide bonds. The van der Waals surface area contributed by atoms with E-state index < -0.39 is 20.0 Å². The van der Waals surface area contributed by atoms with E-state index in [-0.39, 0.29) is 9.79 Å². The minimum atomic E-state index is -3.65. The van der Waals surface area contributed by atoms with E-state index in [1.165, 1.54) is 43.3 Å². The predicted molar refractivity (Wildman–Crippen MR) is 88.9 cm³/mol. The maximum Gasteiger partial charge on any atom is 0.242 e. The molecule has 0 radical (unpaired) electrons. The van der Waals surface area contributed by atoms with E-state index in [0.29, 0.717) is 26.3 Å². The van der Waals surface area contributed by atoms with Gasteiger partial charge in [-0.1, -0.05) is 0 Å². The molecule has 10 heteroatoms. The molecule has 1 aromatic rings. The molecule has 1 heterocycles. The second-order valence-corrected chi connectivity index (χ2v) is 9.69. The number of quaternary nitrogens is 1. The average Bonchev–Trinajstić information content (AvgIpc) is 2.55. The number of rotatable bonds is 7. The number of hydrogen-bond acceptors (Lipinski definition) is 5. The highest BCUT2D eigenvalue weighted by molar-refractivity contribution is 7.89. The van der Waals surface area contributed by atoms with Crippen LogP contribution in [0.2, 0.25) is 0 Å². The van der Waals surface area contributed by atoms with E-state index >= 15 is 0 Å². The number of morpholine rings is 1. The van der Waals surface area contributed by atoms with Crippen molar-refractivity contribution in [3.05, 3.63) is 24.3 Å². The molecule has 2 rings (SSSR count). The van der Waals surface area contributed by atoms with E-state index in [1.54, 1.807) is 0 Å². The third kappa shape index (κ3) is 4.74. The molecule has 1 aliphatic heterocycles. The first-order valence-corrected chi connectivity index (χ1v) is 10.6. The molecule has 2 N–H and O–H groups in total. The Morgan fingerprint density at radius 2 is 1.58 bits per heavy atom. The Morgan fingerprint density at radius 3 is 2.12 bits per heavy atom. The Kier molecular flexibility index (Phi) is 6.34. The van der Waals surface area contributed by atoms with Crippen LogP contribution < -0.4 is 9.62 Å². The summed E-state index contributed by atoms with van der Waals surface area (Å²) in [7, 11) is -4.36. The zero-order chi connectivity index (χ0) is 17.8. The summed E-state index contributed by atoms with van der Waals surface area (Å²) < 4.78 is 57.4. The molecule has 1 fully saturated rings. The SMILES string of the molecule is CN(C)S(=O)(=O)c1ccc(S(=O)(=O)NCC[NH+]2CCOCC2)cc1. The van der Waals surface area contributed by atoms with Gasteiger partial charge < -0.3 is 9.64 Å². The first-order valence-electron chi connectivity index (χ1n) is 7.67. The predicted octanol–water partition coefficient (Wildman–Crippen LogP) is -1.87. The zero-order valence-corrected chi connectivity index (χ0v) is 15.5. The minimum Gasteiger partial charge on any atom is -0.370 e. The van der Waals surface area contributed by atoms with Gasteiger partial charge in [-0.15, -0.1) is 0 Å². The van der Waals surface area contributed by atoms with Crippen LogP contribution >= 0.6 is 0 Å². The summed E-state index contributed by atoms with van der Waals surface area (Å²) in [6.45, 7) is 4.16. The van der Waals surface area contributed by atoms with Crippen LogP contribution in [0.3, 0.4) is 0 Å². The van der Waals surface area contributed by atoms with Crippen LogP contribution in [0.15, 0.2) is 34.1 Å². The lowest BCUT2D eigenvalue weighted by molar-refractivity contribution is -0.906. The molecular weight excluding hydrogens is 354 g/mol. The quantitative estimate of drug-likeness (QED) is 0.579. The Morgan fingerprint density at radius 1 is 1.04 bits per heavy atom. The van der Waals surface area contributed by atoms with Crippen molar-refractivity contribution < 1.29 is 26.5 Å². The zero-order valence-electron chi connectivity index (χ0n) is 13.9. The molecular formula is C14H24N3O5S2+. The van der Waals surface area contributed by atoms with Crippen LogP contribution in [0.25, 0.3) is 0 Å². The van der Waals surface area contributed by atoms with Gasteiger partial charge in [-0.2, -0.15) is 0 Å². The molecule has 0 unspecified atom stereocenters. The maximum atomic E-state index is 12.3. The van der Waals surface area contributed by atoms with E-state index in [1.807, 2.05) is 0 Å². The summed E-state index contributed by atoms with van der Waals surface area (Å²) in [5.74, 6) is 0. The third-order valence-electron chi connectivity index (χ3n) is 3.88. The van der Waals surface area contributed by atoms with E-state index in [4.69, 9.17) is 4.74 Å². The van der Waals surface area contributed by atoms with Gasteiger partial charge in [0.05, 0.1) is 36.1 Å². The molecule has 8 nitrogen and oxygen atoms in total. The van der Waals surface area contributed by atoms with Crippen molar-refractivity contribution in [1.82, 2.24) is 9.03 Å². The van der Waals surface area contributed by atoms with Gasteiger partial charge in [0.25, 0.3) is 0 Å². The smallest absolute Gasteiger partial charge is 0.242 e. The van der Waals surface area contributed by atoms with Gasteiger partial charge in [-0.05, 0) is 24.3 Å². The summed E-state index contributed by atoms with van der Waals surface area (Å²) in [5, 5.41) is 0.